The Bertz CT molecular complexity index is 1410. The molecule has 230 valence electrons. The summed E-state index contributed by atoms with van der Waals surface area (Å²) < 4.78 is 10.8. The van der Waals surface area contributed by atoms with Crippen LogP contribution in [0.3, 0.4) is 0 Å². The lowest BCUT2D eigenvalue weighted by atomic mass is 9.91. The first kappa shape index (κ1) is 33.2. The maximum Gasteiger partial charge on any atom is 0.408 e. The van der Waals surface area contributed by atoms with Crippen molar-refractivity contribution in [2.75, 3.05) is 12.4 Å². The van der Waals surface area contributed by atoms with Crippen molar-refractivity contribution in [3.05, 3.63) is 95.1 Å². The fourth-order valence-corrected chi connectivity index (χ4v) is 4.93. The van der Waals surface area contributed by atoms with Gasteiger partial charge in [0.15, 0.2) is 0 Å². The smallest absolute Gasteiger partial charge is 0.408 e. The Morgan fingerprint density at radius 1 is 0.860 bits per heavy atom. The van der Waals surface area contributed by atoms with Crippen LogP contribution in [0.5, 0.6) is 5.75 Å². The van der Waals surface area contributed by atoms with E-state index in [4.69, 9.17) is 9.47 Å². The number of nitrogens with one attached hydrogen (secondary N) is 2. The Balaban J connectivity index is 2.12. The molecule has 0 saturated carbocycles. The third-order valence-corrected chi connectivity index (χ3v) is 6.82. The Labute approximate surface area is 255 Å². The predicted molar refractivity (Wildman–Crippen MR) is 170 cm³/mol. The van der Waals surface area contributed by atoms with Gasteiger partial charge in [0.2, 0.25) is 5.91 Å². The van der Waals surface area contributed by atoms with Gasteiger partial charge in [0.05, 0.1) is 7.11 Å². The molecule has 0 saturated heterocycles. The van der Waals surface area contributed by atoms with Gasteiger partial charge in [0.25, 0.3) is 5.91 Å². The number of anilines is 1. The van der Waals surface area contributed by atoms with Crippen LogP contribution in [0.15, 0.2) is 72.8 Å². The summed E-state index contributed by atoms with van der Waals surface area (Å²) in [6.07, 6.45) is -0.494. The molecule has 3 amide bonds. The largest absolute Gasteiger partial charge is 0.497 e. The van der Waals surface area contributed by atoms with Crippen molar-refractivity contribution in [3.8, 4) is 5.75 Å². The standard InChI is InChI=1S/C35H45N3O5/c1-23-15-20-28(24(2)21-23)30(31(39)36-26-16-18-27(42-9)19-17-26)38(34(3,4)5)32(40)29(22-25-13-11-10-12-14-25)37-33(41)43-35(6,7)8/h10-21,29-30H,22H2,1-9H3,(H,36,39)(H,37,41). The zero-order valence-electron chi connectivity index (χ0n) is 26.8. The lowest BCUT2D eigenvalue weighted by Crippen LogP contribution is -2.58. The first-order chi connectivity index (χ1) is 20.1. The van der Waals surface area contributed by atoms with Gasteiger partial charge < -0.3 is 25.0 Å². The van der Waals surface area contributed by atoms with Gasteiger partial charge in [-0.25, -0.2) is 4.79 Å². The van der Waals surface area contributed by atoms with Crippen LogP contribution in [-0.2, 0) is 20.7 Å². The second kappa shape index (κ2) is 13.8. The van der Waals surface area contributed by atoms with Crippen molar-refractivity contribution in [2.45, 2.75) is 85.0 Å². The minimum atomic E-state index is -1.01. The highest BCUT2D eigenvalue weighted by molar-refractivity contribution is 5.99. The molecule has 3 aromatic carbocycles. The van der Waals surface area contributed by atoms with Gasteiger partial charge in [-0.15, -0.1) is 0 Å². The first-order valence-corrected chi connectivity index (χ1v) is 14.5. The third-order valence-electron chi connectivity index (χ3n) is 6.82. The van der Waals surface area contributed by atoms with Gasteiger partial charge in [0.1, 0.15) is 23.4 Å². The highest BCUT2D eigenvalue weighted by atomic mass is 16.6. The monoisotopic (exact) mass is 587 g/mol. The molecule has 0 bridgehead atoms. The number of benzene rings is 3. The van der Waals surface area contributed by atoms with Crippen LogP contribution in [0.4, 0.5) is 10.5 Å². The maximum absolute atomic E-state index is 14.7. The molecule has 2 atom stereocenters. The Morgan fingerprint density at radius 3 is 2.02 bits per heavy atom. The van der Waals surface area contributed by atoms with Crippen LogP contribution < -0.4 is 15.4 Å². The molecule has 8 heteroatoms. The summed E-state index contributed by atoms with van der Waals surface area (Å²) in [5.41, 5.74) is 2.45. The van der Waals surface area contributed by atoms with Crippen LogP contribution in [0, 0.1) is 13.8 Å². The topological polar surface area (TPSA) is 97.0 Å². The Morgan fingerprint density at radius 2 is 1.49 bits per heavy atom. The maximum atomic E-state index is 14.7. The summed E-state index contributed by atoms with van der Waals surface area (Å²) in [5.74, 6) is -0.124. The predicted octanol–water partition coefficient (Wildman–Crippen LogP) is 6.75. The molecule has 3 aromatic rings. The molecule has 0 heterocycles. The van der Waals surface area contributed by atoms with Gasteiger partial charge in [-0.1, -0.05) is 54.1 Å². The third kappa shape index (κ3) is 9.33. The highest BCUT2D eigenvalue weighted by Gasteiger charge is 2.42. The van der Waals surface area contributed by atoms with Gasteiger partial charge in [-0.2, -0.15) is 0 Å². The number of hydrogen-bond acceptors (Lipinski definition) is 5. The second-order valence-corrected chi connectivity index (χ2v) is 12.7. The molecule has 2 unspecified atom stereocenters. The van der Waals surface area contributed by atoms with E-state index in [-0.39, 0.29) is 12.3 Å². The van der Waals surface area contributed by atoms with Crippen molar-refractivity contribution in [1.82, 2.24) is 10.2 Å². The number of amides is 3. The number of ether oxygens (including phenoxy) is 2. The summed E-state index contributed by atoms with van der Waals surface area (Å²) in [6, 6.07) is 20.3. The van der Waals surface area contributed by atoms with E-state index >= 15 is 0 Å². The zero-order chi connectivity index (χ0) is 31.9. The van der Waals surface area contributed by atoms with E-state index in [9.17, 15) is 14.4 Å². The first-order valence-electron chi connectivity index (χ1n) is 14.5. The van der Waals surface area contributed by atoms with Crippen molar-refractivity contribution in [3.63, 3.8) is 0 Å². The SMILES string of the molecule is COc1ccc(NC(=O)C(c2ccc(C)cc2C)N(C(=O)C(Cc2ccccc2)NC(=O)OC(C)(C)C)C(C)(C)C)cc1. The molecule has 43 heavy (non-hydrogen) atoms. The van der Waals surface area contributed by atoms with Gasteiger partial charge in [0, 0.05) is 17.6 Å². The molecule has 0 fully saturated rings. The molecule has 0 radical (unpaired) electrons. The van der Waals surface area contributed by atoms with E-state index in [0.29, 0.717) is 17.0 Å². The number of aryl methyl sites for hydroxylation is 2. The molecular weight excluding hydrogens is 542 g/mol. The molecule has 0 aliphatic heterocycles. The summed E-state index contributed by atoms with van der Waals surface area (Å²) in [5, 5.41) is 5.81. The number of hydrogen-bond donors (Lipinski definition) is 2. The number of carbonyl (C=O) groups is 3. The van der Waals surface area contributed by atoms with Gasteiger partial charge >= 0.3 is 6.09 Å². The summed E-state index contributed by atoms with van der Waals surface area (Å²) in [7, 11) is 1.58. The summed E-state index contributed by atoms with van der Waals surface area (Å²) in [4.78, 5) is 43.5. The molecule has 0 spiro atoms. The lowest BCUT2D eigenvalue weighted by molar-refractivity contribution is -0.146. The minimum Gasteiger partial charge on any atom is -0.497 e. The average Bonchev–Trinajstić information content (AvgIpc) is 2.90. The van der Waals surface area contributed by atoms with E-state index in [2.05, 4.69) is 10.6 Å². The number of carbonyl (C=O) groups excluding carboxylic acids is 3. The normalized spacial score (nSPS) is 13.0. The van der Waals surface area contributed by atoms with Crippen LogP contribution in [0.1, 0.15) is 69.8 Å². The molecule has 8 nitrogen and oxygen atoms in total. The van der Waals surface area contributed by atoms with E-state index in [1.807, 2.05) is 83.1 Å². The second-order valence-electron chi connectivity index (χ2n) is 12.7. The number of rotatable bonds is 9. The van der Waals surface area contributed by atoms with Crippen LogP contribution in [-0.4, -0.2) is 47.1 Å². The van der Waals surface area contributed by atoms with Crippen LogP contribution in [0.2, 0.25) is 0 Å². The fourth-order valence-electron chi connectivity index (χ4n) is 4.93. The number of methoxy groups -OCH3 is 1. The van der Waals surface area contributed by atoms with E-state index in [1.165, 1.54) is 0 Å². The quantitative estimate of drug-likeness (QED) is 0.289. The molecule has 0 aliphatic carbocycles. The fraction of sp³-hybridized carbons (Fsp3) is 0.400. The van der Waals surface area contributed by atoms with Crippen molar-refractivity contribution in [2.24, 2.45) is 0 Å². The van der Waals surface area contributed by atoms with Crippen molar-refractivity contribution >= 4 is 23.6 Å². The Kier molecular flexibility index (Phi) is 10.6. The molecule has 0 aromatic heterocycles. The van der Waals surface area contributed by atoms with E-state index in [1.54, 1.807) is 57.0 Å². The minimum absolute atomic E-state index is 0.213. The van der Waals surface area contributed by atoms with Crippen LogP contribution in [0.25, 0.3) is 0 Å². The van der Waals surface area contributed by atoms with Crippen molar-refractivity contribution < 1.29 is 23.9 Å². The average molecular weight is 588 g/mol. The lowest BCUT2D eigenvalue weighted by Gasteiger charge is -2.43. The number of nitrogens with zero attached hydrogens (tertiary/aromatic N) is 1. The highest BCUT2D eigenvalue weighted by Crippen LogP contribution is 2.33. The van der Waals surface area contributed by atoms with Gasteiger partial charge in [-0.3, -0.25) is 9.59 Å². The molecular formula is C35H45N3O5. The molecule has 0 aliphatic rings. The van der Waals surface area contributed by atoms with Crippen LogP contribution >= 0.6 is 0 Å². The molecule has 2 N–H and O–H groups in total. The Hall–Kier alpha value is -4.33. The number of alkyl carbamates (subject to hydrolysis) is 1. The van der Waals surface area contributed by atoms with Gasteiger partial charge in [-0.05, 0) is 96.3 Å². The molecule has 3 rings (SSSR count). The summed E-state index contributed by atoms with van der Waals surface area (Å²) in [6.45, 7) is 14.9. The summed E-state index contributed by atoms with van der Waals surface area (Å²) >= 11 is 0. The van der Waals surface area contributed by atoms with Crippen molar-refractivity contribution in [1.29, 1.82) is 0 Å². The van der Waals surface area contributed by atoms with E-state index < -0.39 is 35.2 Å². The zero-order valence-corrected chi connectivity index (χ0v) is 26.8. The van der Waals surface area contributed by atoms with E-state index in [0.717, 1.165) is 16.7 Å².